The highest BCUT2D eigenvalue weighted by molar-refractivity contribution is 5.85. The molecule has 0 unspecified atom stereocenters. The molecule has 102 valence electrons. The molecule has 0 atom stereocenters. The van der Waals surface area contributed by atoms with Gasteiger partial charge in [0.05, 0.1) is 0 Å². The van der Waals surface area contributed by atoms with Crippen LogP contribution in [0.15, 0.2) is 11.6 Å². The molecule has 0 fully saturated rings. The van der Waals surface area contributed by atoms with Gasteiger partial charge in [-0.2, -0.15) is 0 Å². The van der Waals surface area contributed by atoms with E-state index in [1.165, 1.54) is 38.5 Å². The molecule has 0 heterocycles. The van der Waals surface area contributed by atoms with E-state index in [1.54, 1.807) is 6.92 Å². The average Bonchev–Trinajstić information content (AvgIpc) is 2.35. The summed E-state index contributed by atoms with van der Waals surface area (Å²) in [4.78, 5) is 10.5. The molecule has 0 aliphatic carbocycles. The molecule has 0 bridgehead atoms. The van der Waals surface area contributed by atoms with Crippen LogP contribution in [-0.2, 0) is 4.79 Å². The molecule has 0 saturated carbocycles. The van der Waals surface area contributed by atoms with Gasteiger partial charge in [-0.3, -0.25) is 0 Å². The van der Waals surface area contributed by atoms with Crippen LogP contribution < -0.4 is 0 Å². The van der Waals surface area contributed by atoms with E-state index in [9.17, 15) is 4.79 Å². The maximum Gasteiger partial charge on any atom is 0.330 e. The lowest BCUT2D eigenvalue weighted by molar-refractivity contribution is -0.132. The number of carboxylic acid groups (broad SMARTS) is 1. The Morgan fingerprint density at radius 3 is 2.06 bits per heavy atom. The van der Waals surface area contributed by atoms with E-state index in [1.807, 2.05) is 6.08 Å². The molecule has 0 aliphatic heterocycles. The van der Waals surface area contributed by atoms with E-state index < -0.39 is 5.97 Å². The zero-order valence-corrected chi connectivity index (χ0v) is 11.6. The number of hydrogen-bond donors (Lipinski definition) is 1. The van der Waals surface area contributed by atoms with Crippen LogP contribution in [0.1, 0.15) is 71.1 Å². The van der Waals surface area contributed by atoms with Crippen molar-refractivity contribution in [3.8, 4) is 12.3 Å². The monoisotopic (exact) mass is 250 g/mol. The first-order valence-corrected chi connectivity index (χ1v) is 7.02. The average molecular weight is 250 g/mol. The minimum Gasteiger partial charge on any atom is -0.478 e. The SMILES string of the molecule is C#CCCCCCCCCCCC=C(C)C(=O)O. The van der Waals surface area contributed by atoms with Gasteiger partial charge in [-0.05, 0) is 26.2 Å². The number of unbranched alkanes of at least 4 members (excludes halogenated alkanes) is 9. The highest BCUT2D eigenvalue weighted by Gasteiger charge is 1.97. The van der Waals surface area contributed by atoms with Crippen molar-refractivity contribution in [3.05, 3.63) is 11.6 Å². The third-order valence-electron chi connectivity index (χ3n) is 3.06. The van der Waals surface area contributed by atoms with E-state index >= 15 is 0 Å². The molecule has 0 aromatic heterocycles. The lowest BCUT2D eigenvalue weighted by Crippen LogP contribution is -1.95. The summed E-state index contributed by atoms with van der Waals surface area (Å²) in [7, 11) is 0. The quantitative estimate of drug-likeness (QED) is 0.332. The van der Waals surface area contributed by atoms with E-state index in [-0.39, 0.29) is 0 Å². The molecule has 0 rings (SSSR count). The van der Waals surface area contributed by atoms with Crippen molar-refractivity contribution in [2.75, 3.05) is 0 Å². The number of carbonyl (C=O) groups is 1. The molecule has 0 amide bonds. The first kappa shape index (κ1) is 16.8. The zero-order chi connectivity index (χ0) is 13.6. The second kappa shape index (κ2) is 12.2. The molecular weight excluding hydrogens is 224 g/mol. The summed E-state index contributed by atoms with van der Waals surface area (Å²) < 4.78 is 0. The smallest absolute Gasteiger partial charge is 0.330 e. The number of hydrogen-bond acceptors (Lipinski definition) is 1. The van der Waals surface area contributed by atoms with Crippen molar-refractivity contribution in [1.29, 1.82) is 0 Å². The van der Waals surface area contributed by atoms with Gasteiger partial charge >= 0.3 is 5.97 Å². The van der Waals surface area contributed by atoms with Crippen LogP contribution in [0.4, 0.5) is 0 Å². The lowest BCUT2D eigenvalue weighted by Gasteiger charge is -2.00. The Morgan fingerprint density at radius 1 is 1.06 bits per heavy atom. The van der Waals surface area contributed by atoms with Gasteiger partial charge in [-0.25, -0.2) is 4.79 Å². The predicted octanol–water partition coefficient (Wildman–Crippen LogP) is 4.55. The van der Waals surface area contributed by atoms with Gasteiger partial charge in [-0.1, -0.05) is 44.6 Å². The number of carboxylic acids is 1. The minimum atomic E-state index is -0.804. The van der Waals surface area contributed by atoms with Crippen molar-refractivity contribution in [2.24, 2.45) is 0 Å². The van der Waals surface area contributed by atoms with E-state index in [0.29, 0.717) is 5.57 Å². The largest absolute Gasteiger partial charge is 0.478 e. The number of terminal acetylenes is 1. The highest BCUT2D eigenvalue weighted by Crippen LogP contribution is 2.11. The lowest BCUT2D eigenvalue weighted by atomic mass is 10.1. The fourth-order valence-electron chi connectivity index (χ4n) is 1.84. The summed E-state index contributed by atoms with van der Waals surface area (Å²) in [5, 5.41) is 8.66. The van der Waals surface area contributed by atoms with Crippen molar-refractivity contribution in [1.82, 2.24) is 0 Å². The summed E-state index contributed by atoms with van der Waals surface area (Å²) in [5.41, 5.74) is 0.462. The standard InChI is InChI=1S/C16H26O2/c1-3-4-5-6-7-8-9-10-11-12-13-14-15(2)16(17)18/h1,14H,4-13H2,2H3,(H,17,18). The Hall–Kier alpha value is -1.23. The molecule has 0 aromatic carbocycles. The maximum atomic E-state index is 10.5. The van der Waals surface area contributed by atoms with Crippen molar-refractivity contribution >= 4 is 5.97 Å². The molecular formula is C16H26O2. The fraction of sp³-hybridized carbons (Fsp3) is 0.688. The third-order valence-corrected chi connectivity index (χ3v) is 3.06. The normalized spacial score (nSPS) is 11.2. The Bertz CT molecular complexity index is 284. The van der Waals surface area contributed by atoms with Crippen molar-refractivity contribution < 1.29 is 9.90 Å². The van der Waals surface area contributed by atoms with Gasteiger partial charge < -0.3 is 5.11 Å². The highest BCUT2D eigenvalue weighted by atomic mass is 16.4. The van der Waals surface area contributed by atoms with Gasteiger partial charge in [0.1, 0.15) is 0 Å². The fourth-order valence-corrected chi connectivity index (χ4v) is 1.84. The molecule has 0 aliphatic rings. The van der Waals surface area contributed by atoms with Gasteiger partial charge in [0.25, 0.3) is 0 Å². The molecule has 2 nitrogen and oxygen atoms in total. The van der Waals surface area contributed by atoms with E-state index in [2.05, 4.69) is 5.92 Å². The van der Waals surface area contributed by atoms with E-state index in [0.717, 1.165) is 25.7 Å². The Morgan fingerprint density at radius 2 is 1.56 bits per heavy atom. The van der Waals surface area contributed by atoms with Crippen LogP contribution >= 0.6 is 0 Å². The van der Waals surface area contributed by atoms with Crippen LogP contribution in [0.5, 0.6) is 0 Å². The van der Waals surface area contributed by atoms with Gasteiger partial charge in [0.2, 0.25) is 0 Å². The number of allylic oxidation sites excluding steroid dienone is 1. The second-order valence-corrected chi connectivity index (χ2v) is 4.76. The van der Waals surface area contributed by atoms with E-state index in [4.69, 9.17) is 11.5 Å². The predicted molar refractivity (Wildman–Crippen MR) is 76.4 cm³/mol. The minimum absolute atomic E-state index is 0.462. The topological polar surface area (TPSA) is 37.3 Å². The zero-order valence-electron chi connectivity index (χ0n) is 11.6. The Kier molecular flexibility index (Phi) is 11.4. The van der Waals surface area contributed by atoms with Crippen molar-refractivity contribution in [3.63, 3.8) is 0 Å². The molecule has 1 N–H and O–H groups in total. The molecule has 18 heavy (non-hydrogen) atoms. The van der Waals surface area contributed by atoms with Gasteiger partial charge in [0.15, 0.2) is 0 Å². The summed E-state index contributed by atoms with van der Waals surface area (Å²) in [6.45, 7) is 1.65. The summed E-state index contributed by atoms with van der Waals surface area (Å²) >= 11 is 0. The number of rotatable bonds is 11. The van der Waals surface area contributed by atoms with Crippen LogP contribution in [-0.4, -0.2) is 11.1 Å². The maximum absolute atomic E-state index is 10.5. The first-order valence-electron chi connectivity index (χ1n) is 7.02. The molecule has 0 spiro atoms. The van der Waals surface area contributed by atoms with Crippen LogP contribution in [0, 0.1) is 12.3 Å². The number of aliphatic carboxylic acids is 1. The molecule has 0 aromatic rings. The Balaban J connectivity index is 3.20. The Labute approximate surface area is 111 Å². The molecule has 2 heteroatoms. The van der Waals surface area contributed by atoms with Crippen LogP contribution in [0.3, 0.4) is 0 Å². The van der Waals surface area contributed by atoms with Gasteiger partial charge in [-0.15, -0.1) is 12.3 Å². The summed E-state index contributed by atoms with van der Waals surface area (Å²) in [5.74, 6) is 1.86. The van der Waals surface area contributed by atoms with Crippen LogP contribution in [0.2, 0.25) is 0 Å². The molecule has 0 saturated heterocycles. The summed E-state index contributed by atoms with van der Waals surface area (Å²) in [6.07, 6.45) is 18.7. The first-order chi connectivity index (χ1) is 8.68. The third kappa shape index (κ3) is 11.3. The molecule has 0 radical (unpaired) electrons. The summed E-state index contributed by atoms with van der Waals surface area (Å²) in [6, 6.07) is 0. The second-order valence-electron chi connectivity index (χ2n) is 4.76. The van der Waals surface area contributed by atoms with Gasteiger partial charge in [0, 0.05) is 12.0 Å². The van der Waals surface area contributed by atoms with Crippen LogP contribution in [0.25, 0.3) is 0 Å². The van der Waals surface area contributed by atoms with Crippen molar-refractivity contribution in [2.45, 2.75) is 71.1 Å².